The molecule has 2 atom stereocenters. The van der Waals surface area contributed by atoms with Crippen LogP contribution in [0.5, 0.6) is 5.75 Å². The zero-order valence-electron chi connectivity index (χ0n) is 17.5. The fourth-order valence-electron chi connectivity index (χ4n) is 3.71. The van der Waals surface area contributed by atoms with Crippen LogP contribution in [0, 0.1) is 0 Å². The van der Waals surface area contributed by atoms with Crippen molar-refractivity contribution in [1.29, 1.82) is 0 Å². The molecule has 0 spiro atoms. The molecule has 0 aromatic heterocycles. The van der Waals surface area contributed by atoms with Gasteiger partial charge in [0.25, 0.3) is 0 Å². The third-order valence-corrected chi connectivity index (χ3v) is 5.29. The second-order valence-corrected chi connectivity index (χ2v) is 7.52. The van der Waals surface area contributed by atoms with Crippen molar-refractivity contribution >= 4 is 11.9 Å². The van der Waals surface area contributed by atoms with Gasteiger partial charge in [-0.15, -0.1) is 0 Å². The van der Waals surface area contributed by atoms with Crippen LogP contribution in [0.15, 0.2) is 54.6 Å². The Morgan fingerprint density at radius 3 is 2.50 bits per heavy atom. The molecule has 1 amide bonds. The minimum atomic E-state index is -0.703. The summed E-state index contributed by atoms with van der Waals surface area (Å²) in [5, 5.41) is 0. The summed E-state index contributed by atoms with van der Waals surface area (Å²) in [6, 6.07) is 15.8. The van der Waals surface area contributed by atoms with E-state index in [2.05, 4.69) is 0 Å². The SMILES string of the molecule is CCOc1ccc(C[C@H](N)C(=O)N2CCCC[C@@H]2C(=O)OCc2ccccc2)cc1. The summed E-state index contributed by atoms with van der Waals surface area (Å²) in [6.07, 6.45) is 2.77. The van der Waals surface area contributed by atoms with Gasteiger partial charge >= 0.3 is 5.97 Å². The van der Waals surface area contributed by atoms with Crippen molar-refractivity contribution in [2.45, 2.75) is 51.3 Å². The van der Waals surface area contributed by atoms with Crippen LogP contribution in [0.1, 0.15) is 37.3 Å². The number of likely N-dealkylation sites (tertiary alicyclic amines) is 1. The zero-order chi connectivity index (χ0) is 21.3. The number of nitrogens with two attached hydrogens (primary N) is 1. The molecule has 0 unspecified atom stereocenters. The first-order valence-electron chi connectivity index (χ1n) is 10.6. The van der Waals surface area contributed by atoms with Gasteiger partial charge in [0.05, 0.1) is 12.6 Å². The van der Waals surface area contributed by atoms with Gasteiger partial charge in [-0.1, -0.05) is 42.5 Å². The number of amides is 1. The number of piperidine rings is 1. The Balaban J connectivity index is 1.59. The molecular weight excluding hydrogens is 380 g/mol. The summed E-state index contributed by atoms with van der Waals surface area (Å²) < 4.78 is 10.9. The fraction of sp³-hybridized carbons (Fsp3) is 0.417. The molecule has 1 aliphatic rings. The lowest BCUT2D eigenvalue weighted by molar-refractivity contribution is -0.158. The fourth-order valence-corrected chi connectivity index (χ4v) is 3.71. The number of carbonyl (C=O) groups excluding carboxylic acids is 2. The highest BCUT2D eigenvalue weighted by molar-refractivity contribution is 5.88. The van der Waals surface area contributed by atoms with Gasteiger partial charge in [0.2, 0.25) is 5.91 Å². The summed E-state index contributed by atoms with van der Waals surface area (Å²) in [4.78, 5) is 27.3. The van der Waals surface area contributed by atoms with E-state index in [1.54, 1.807) is 4.90 Å². The molecule has 6 heteroatoms. The standard InChI is InChI=1S/C24H30N2O4/c1-2-29-20-13-11-18(12-14-20)16-21(25)23(27)26-15-7-6-10-22(26)24(28)30-17-19-8-4-3-5-9-19/h3-5,8-9,11-14,21-22H,2,6-7,10,15-17,25H2,1H3/t21-,22+/m0/s1. The predicted octanol–water partition coefficient (Wildman–Crippen LogP) is 3.08. The van der Waals surface area contributed by atoms with Crippen LogP contribution in [0.2, 0.25) is 0 Å². The number of ether oxygens (including phenoxy) is 2. The quantitative estimate of drug-likeness (QED) is 0.677. The van der Waals surface area contributed by atoms with Crippen molar-refractivity contribution < 1.29 is 19.1 Å². The maximum Gasteiger partial charge on any atom is 0.329 e. The maximum absolute atomic E-state index is 13.0. The number of hydrogen-bond acceptors (Lipinski definition) is 5. The third kappa shape index (κ3) is 5.83. The van der Waals surface area contributed by atoms with Gasteiger partial charge < -0.3 is 20.1 Å². The highest BCUT2D eigenvalue weighted by atomic mass is 16.5. The maximum atomic E-state index is 13.0. The van der Waals surface area contributed by atoms with Crippen LogP contribution in [0.3, 0.4) is 0 Å². The summed E-state index contributed by atoms with van der Waals surface area (Å²) in [7, 11) is 0. The molecule has 1 aliphatic heterocycles. The van der Waals surface area contributed by atoms with E-state index >= 15 is 0 Å². The monoisotopic (exact) mass is 410 g/mol. The molecule has 2 N–H and O–H groups in total. The van der Waals surface area contributed by atoms with Gasteiger partial charge in [0.1, 0.15) is 18.4 Å². The molecule has 6 nitrogen and oxygen atoms in total. The number of hydrogen-bond donors (Lipinski definition) is 1. The number of benzene rings is 2. The molecule has 0 saturated carbocycles. The van der Waals surface area contributed by atoms with Crippen LogP contribution >= 0.6 is 0 Å². The summed E-state index contributed by atoms with van der Waals surface area (Å²) in [6.45, 7) is 3.27. The highest BCUT2D eigenvalue weighted by Crippen LogP contribution is 2.21. The molecule has 30 heavy (non-hydrogen) atoms. The number of nitrogens with zero attached hydrogens (tertiary/aromatic N) is 1. The molecule has 1 fully saturated rings. The minimum absolute atomic E-state index is 0.203. The molecule has 3 rings (SSSR count). The highest BCUT2D eigenvalue weighted by Gasteiger charge is 2.35. The Labute approximate surface area is 178 Å². The molecule has 2 aromatic rings. The Morgan fingerprint density at radius 1 is 1.07 bits per heavy atom. The Morgan fingerprint density at radius 2 is 1.80 bits per heavy atom. The number of esters is 1. The lowest BCUT2D eigenvalue weighted by Gasteiger charge is -2.35. The molecular formula is C24H30N2O4. The summed E-state index contributed by atoms with van der Waals surface area (Å²) in [5.74, 6) is 0.226. The average Bonchev–Trinajstić information content (AvgIpc) is 2.79. The Hall–Kier alpha value is -2.86. The van der Waals surface area contributed by atoms with Crippen LogP contribution in [0.25, 0.3) is 0 Å². The molecule has 0 bridgehead atoms. The minimum Gasteiger partial charge on any atom is -0.494 e. The third-order valence-electron chi connectivity index (χ3n) is 5.29. The van der Waals surface area contributed by atoms with E-state index in [-0.39, 0.29) is 18.5 Å². The van der Waals surface area contributed by atoms with Gasteiger partial charge in [-0.2, -0.15) is 0 Å². The molecule has 160 valence electrons. The van der Waals surface area contributed by atoms with Crippen molar-refractivity contribution in [1.82, 2.24) is 4.90 Å². The van der Waals surface area contributed by atoms with Crippen LogP contribution in [-0.2, 0) is 27.4 Å². The van der Waals surface area contributed by atoms with Crippen molar-refractivity contribution in [2.24, 2.45) is 5.73 Å². The van der Waals surface area contributed by atoms with Crippen LogP contribution in [-0.4, -0.2) is 42.0 Å². The topological polar surface area (TPSA) is 81.9 Å². The van der Waals surface area contributed by atoms with Crippen molar-refractivity contribution in [3.05, 3.63) is 65.7 Å². The molecule has 1 heterocycles. The lowest BCUT2D eigenvalue weighted by Crippen LogP contribution is -2.54. The molecule has 1 saturated heterocycles. The van der Waals surface area contributed by atoms with Crippen LogP contribution in [0.4, 0.5) is 0 Å². The number of carbonyl (C=O) groups is 2. The second kappa shape index (κ2) is 10.8. The van der Waals surface area contributed by atoms with E-state index in [0.29, 0.717) is 26.0 Å². The predicted molar refractivity (Wildman–Crippen MR) is 115 cm³/mol. The molecule has 2 aromatic carbocycles. The van der Waals surface area contributed by atoms with Crippen molar-refractivity contribution in [2.75, 3.05) is 13.2 Å². The summed E-state index contributed by atoms with van der Waals surface area (Å²) in [5.41, 5.74) is 8.11. The van der Waals surface area contributed by atoms with E-state index in [1.165, 1.54) is 0 Å². The smallest absolute Gasteiger partial charge is 0.329 e. The van der Waals surface area contributed by atoms with Gasteiger partial charge in [0, 0.05) is 6.54 Å². The van der Waals surface area contributed by atoms with Crippen LogP contribution < -0.4 is 10.5 Å². The number of rotatable bonds is 8. The van der Waals surface area contributed by atoms with Gasteiger partial charge in [0.15, 0.2) is 0 Å². The first-order chi connectivity index (χ1) is 14.6. The summed E-state index contributed by atoms with van der Waals surface area (Å²) >= 11 is 0. The van der Waals surface area contributed by atoms with Crippen molar-refractivity contribution in [3.63, 3.8) is 0 Å². The first-order valence-corrected chi connectivity index (χ1v) is 10.6. The molecule has 0 aliphatic carbocycles. The van der Waals surface area contributed by atoms with E-state index in [4.69, 9.17) is 15.2 Å². The van der Waals surface area contributed by atoms with Crippen molar-refractivity contribution in [3.8, 4) is 5.75 Å². The molecule has 0 radical (unpaired) electrons. The average molecular weight is 411 g/mol. The first kappa shape index (κ1) is 21.8. The largest absolute Gasteiger partial charge is 0.494 e. The normalized spacial score (nSPS) is 17.3. The second-order valence-electron chi connectivity index (χ2n) is 7.52. The lowest BCUT2D eigenvalue weighted by atomic mass is 9.99. The van der Waals surface area contributed by atoms with Gasteiger partial charge in [-0.05, 0) is 55.9 Å². The Bertz CT molecular complexity index is 823. The van der Waals surface area contributed by atoms with Gasteiger partial charge in [-0.3, -0.25) is 4.79 Å². The van der Waals surface area contributed by atoms with E-state index in [0.717, 1.165) is 29.7 Å². The van der Waals surface area contributed by atoms with E-state index in [9.17, 15) is 9.59 Å². The zero-order valence-corrected chi connectivity index (χ0v) is 17.5. The van der Waals surface area contributed by atoms with Gasteiger partial charge in [-0.25, -0.2) is 4.79 Å². The Kier molecular flexibility index (Phi) is 7.85. The van der Waals surface area contributed by atoms with E-state index in [1.807, 2.05) is 61.5 Å². The van der Waals surface area contributed by atoms with E-state index < -0.39 is 12.1 Å².